The highest BCUT2D eigenvalue weighted by Gasteiger charge is 2.55. The molecule has 4 rings (SSSR count). The van der Waals surface area contributed by atoms with Gasteiger partial charge in [0.05, 0.1) is 12.7 Å². The van der Waals surface area contributed by atoms with Crippen LogP contribution in [0, 0.1) is 17.3 Å². The first-order chi connectivity index (χ1) is 14.1. The van der Waals surface area contributed by atoms with Gasteiger partial charge in [-0.15, -0.1) is 0 Å². The van der Waals surface area contributed by atoms with Crippen LogP contribution in [0.3, 0.4) is 0 Å². The Balaban J connectivity index is 1.64. The first-order valence-electron chi connectivity index (χ1n) is 10.8. The van der Waals surface area contributed by atoms with Crippen molar-refractivity contribution in [3.8, 4) is 5.75 Å². The van der Waals surface area contributed by atoms with Gasteiger partial charge in [-0.1, -0.05) is 19.1 Å². The van der Waals surface area contributed by atoms with Gasteiger partial charge in [-0.3, -0.25) is 0 Å². The lowest BCUT2D eigenvalue weighted by Crippen LogP contribution is -2.44. The smallest absolute Gasteiger partial charge is 0.188 e. The van der Waals surface area contributed by atoms with Gasteiger partial charge in [0.15, 0.2) is 6.79 Å². The fourth-order valence-corrected chi connectivity index (χ4v) is 6.36. The minimum atomic E-state index is 0.0663. The normalized spacial score (nSPS) is 34.6. The highest BCUT2D eigenvalue weighted by Crippen LogP contribution is 2.63. The zero-order valence-electron chi connectivity index (χ0n) is 17.9. The van der Waals surface area contributed by atoms with E-state index in [1.54, 1.807) is 14.2 Å². The van der Waals surface area contributed by atoms with Crippen molar-refractivity contribution in [2.75, 3.05) is 34.4 Å². The molecule has 3 aliphatic carbocycles. The third kappa shape index (κ3) is 3.74. The summed E-state index contributed by atoms with van der Waals surface area (Å²) in [5.41, 5.74) is 4.11. The molecule has 0 radical (unpaired) electrons. The van der Waals surface area contributed by atoms with Crippen molar-refractivity contribution in [1.29, 1.82) is 0 Å². The highest BCUT2D eigenvalue weighted by atomic mass is 16.7. The van der Waals surface area contributed by atoms with Crippen molar-refractivity contribution in [2.24, 2.45) is 17.3 Å². The minimum absolute atomic E-state index is 0.0663. The second kappa shape index (κ2) is 8.76. The second-order valence-corrected chi connectivity index (χ2v) is 8.98. The zero-order chi connectivity index (χ0) is 20.4. The summed E-state index contributed by atoms with van der Waals surface area (Å²) < 4.78 is 22.0. The van der Waals surface area contributed by atoms with E-state index in [1.807, 2.05) is 6.08 Å². The molecule has 2 saturated carbocycles. The first-order valence-corrected chi connectivity index (χ1v) is 10.8. The maximum absolute atomic E-state index is 9.67. The molecule has 5 atom stereocenters. The van der Waals surface area contributed by atoms with E-state index in [-0.39, 0.29) is 24.9 Å². The predicted molar refractivity (Wildman–Crippen MR) is 112 cm³/mol. The fourth-order valence-electron chi connectivity index (χ4n) is 6.36. The molecule has 0 amide bonds. The van der Waals surface area contributed by atoms with Crippen LogP contribution in [-0.4, -0.2) is 45.6 Å². The van der Waals surface area contributed by atoms with Gasteiger partial charge in [0.25, 0.3) is 0 Å². The Hall–Kier alpha value is -1.40. The lowest BCUT2D eigenvalue weighted by molar-refractivity contribution is -0.124. The van der Waals surface area contributed by atoms with Gasteiger partial charge in [-0.2, -0.15) is 0 Å². The summed E-state index contributed by atoms with van der Waals surface area (Å²) in [4.78, 5) is 0. The van der Waals surface area contributed by atoms with Crippen molar-refractivity contribution >= 4 is 5.57 Å². The van der Waals surface area contributed by atoms with E-state index in [1.165, 1.54) is 36.0 Å². The average molecular weight is 403 g/mol. The van der Waals surface area contributed by atoms with E-state index in [2.05, 4.69) is 25.1 Å². The van der Waals surface area contributed by atoms with Crippen LogP contribution in [0.25, 0.3) is 5.57 Å². The number of allylic oxidation sites excluding steroid dienone is 1. The SMILES string of the molecule is COCOc1ccc2c(c1)C(=CCO)C[C@@H]1[C@@H]2CC[C@]2(C)[C@@H](OCOC)CC[C@@H]12. The maximum Gasteiger partial charge on any atom is 0.188 e. The van der Waals surface area contributed by atoms with Crippen molar-refractivity contribution in [2.45, 2.75) is 51.0 Å². The van der Waals surface area contributed by atoms with Gasteiger partial charge in [0, 0.05) is 14.2 Å². The number of methoxy groups -OCH3 is 2. The molecule has 3 aliphatic rings. The van der Waals surface area contributed by atoms with Crippen molar-refractivity contribution in [1.82, 2.24) is 0 Å². The van der Waals surface area contributed by atoms with E-state index < -0.39 is 0 Å². The molecule has 0 aromatic heterocycles. The van der Waals surface area contributed by atoms with Crippen LogP contribution >= 0.6 is 0 Å². The van der Waals surface area contributed by atoms with E-state index in [9.17, 15) is 5.11 Å². The molecule has 1 aromatic carbocycles. The standard InChI is InChI=1S/C24H34O5/c1-24-10-8-19-18-5-4-17(28-14-26-2)13-20(18)16(9-11-25)12-21(19)22(24)6-7-23(24)29-15-27-3/h4-5,9,13,19,21-23,25H,6-8,10-12,14-15H2,1-3H3/t19-,21-,22+,23+,24+/m1/s1. The molecule has 5 nitrogen and oxygen atoms in total. The van der Waals surface area contributed by atoms with E-state index in [0.29, 0.717) is 24.5 Å². The van der Waals surface area contributed by atoms with Crippen molar-refractivity contribution in [3.63, 3.8) is 0 Å². The van der Waals surface area contributed by atoms with Gasteiger partial charge < -0.3 is 24.1 Å². The lowest BCUT2D eigenvalue weighted by Gasteiger charge is -2.51. The summed E-state index contributed by atoms with van der Waals surface area (Å²) in [7, 11) is 3.32. The van der Waals surface area contributed by atoms with Crippen molar-refractivity contribution < 1.29 is 24.1 Å². The Bertz CT molecular complexity index is 745. The predicted octanol–water partition coefficient (Wildman–Crippen LogP) is 4.35. The number of fused-ring (bicyclic) bond motifs is 5. The van der Waals surface area contributed by atoms with E-state index in [4.69, 9.17) is 18.9 Å². The molecular formula is C24H34O5. The average Bonchev–Trinajstić information content (AvgIpc) is 3.07. The zero-order valence-corrected chi connectivity index (χ0v) is 17.9. The fraction of sp³-hybridized carbons (Fsp3) is 0.667. The quantitative estimate of drug-likeness (QED) is 0.687. The monoisotopic (exact) mass is 402 g/mol. The Kier molecular flexibility index (Phi) is 6.30. The third-order valence-corrected chi connectivity index (χ3v) is 7.64. The molecule has 1 aromatic rings. The van der Waals surface area contributed by atoms with E-state index >= 15 is 0 Å². The van der Waals surface area contributed by atoms with Crippen LogP contribution in [0.4, 0.5) is 0 Å². The van der Waals surface area contributed by atoms with Crippen LogP contribution in [0.5, 0.6) is 5.75 Å². The Morgan fingerprint density at radius 2 is 1.97 bits per heavy atom. The van der Waals surface area contributed by atoms with Gasteiger partial charge in [-0.25, -0.2) is 0 Å². The second-order valence-electron chi connectivity index (χ2n) is 8.98. The molecule has 5 heteroatoms. The van der Waals surface area contributed by atoms with Gasteiger partial charge in [-0.05, 0) is 84.1 Å². The molecule has 0 heterocycles. The van der Waals surface area contributed by atoms with E-state index in [0.717, 1.165) is 18.6 Å². The summed E-state index contributed by atoms with van der Waals surface area (Å²) in [5.74, 6) is 2.63. The van der Waals surface area contributed by atoms with Crippen LogP contribution in [0.1, 0.15) is 56.1 Å². The minimum Gasteiger partial charge on any atom is -0.468 e. The summed E-state index contributed by atoms with van der Waals surface area (Å²) in [6, 6.07) is 6.42. The molecule has 29 heavy (non-hydrogen) atoms. The molecule has 160 valence electrons. The number of aliphatic hydroxyl groups is 1. The number of aliphatic hydroxyl groups excluding tert-OH is 1. The molecule has 1 N–H and O–H groups in total. The summed E-state index contributed by atoms with van der Waals surface area (Å²) >= 11 is 0. The largest absolute Gasteiger partial charge is 0.468 e. The number of rotatable bonds is 7. The third-order valence-electron chi connectivity index (χ3n) is 7.64. The molecule has 0 saturated heterocycles. The number of hydrogen-bond acceptors (Lipinski definition) is 5. The Labute approximate surface area is 174 Å². The molecule has 0 aliphatic heterocycles. The molecule has 0 unspecified atom stereocenters. The Morgan fingerprint density at radius 1 is 1.14 bits per heavy atom. The van der Waals surface area contributed by atoms with Crippen molar-refractivity contribution in [3.05, 3.63) is 35.4 Å². The van der Waals surface area contributed by atoms with Gasteiger partial charge >= 0.3 is 0 Å². The van der Waals surface area contributed by atoms with Crippen LogP contribution < -0.4 is 4.74 Å². The van der Waals surface area contributed by atoms with Crippen LogP contribution in [0.2, 0.25) is 0 Å². The number of ether oxygens (including phenoxy) is 4. The molecular weight excluding hydrogens is 368 g/mol. The first kappa shape index (κ1) is 20.9. The maximum atomic E-state index is 9.67. The van der Waals surface area contributed by atoms with Crippen LogP contribution in [-0.2, 0) is 14.2 Å². The summed E-state index contributed by atoms with van der Waals surface area (Å²) in [6.45, 7) is 3.11. The number of benzene rings is 1. The number of hydrogen-bond donors (Lipinski definition) is 1. The molecule has 0 spiro atoms. The highest BCUT2D eigenvalue weighted by molar-refractivity contribution is 5.72. The van der Waals surface area contributed by atoms with Gasteiger partial charge in [0.1, 0.15) is 12.5 Å². The lowest BCUT2D eigenvalue weighted by atomic mass is 9.54. The molecule has 2 fully saturated rings. The Morgan fingerprint density at radius 3 is 2.72 bits per heavy atom. The van der Waals surface area contributed by atoms with Gasteiger partial charge in [0.2, 0.25) is 0 Å². The van der Waals surface area contributed by atoms with Crippen LogP contribution in [0.15, 0.2) is 24.3 Å². The summed E-state index contributed by atoms with van der Waals surface area (Å²) in [6.07, 6.45) is 7.98. The summed E-state index contributed by atoms with van der Waals surface area (Å²) in [5, 5.41) is 9.67. The topological polar surface area (TPSA) is 57.2 Å². The molecule has 0 bridgehead atoms.